The van der Waals surface area contributed by atoms with Gasteiger partial charge >= 0.3 is 17.9 Å². The van der Waals surface area contributed by atoms with E-state index in [1.807, 2.05) is 0 Å². The molecule has 0 heterocycles. The zero-order chi connectivity index (χ0) is 56.4. The largest absolute Gasteiger partial charge is 0.462 e. The van der Waals surface area contributed by atoms with Crippen LogP contribution in [0.15, 0.2) is 60.8 Å². The molecule has 0 N–H and O–H groups in total. The molecule has 0 aliphatic rings. The smallest absolute Gasteiger partial charge is 0.306 e. The number of carbonyl (C=O) groups is 3. The molecular weight excluding hydrogens is 961 g/mol. The Kier molecular flexibility index (Phi) is 64.2. The van der Waals surface area contributed by atoms with Crippen LogP contribution in [-0.2, 0) is 28.6 Å². The number of ether oxygens (including phenoxy) is 3. The summed E-state index contributed by atoms with van der Waals surface area (Å²) in [6.07, 6.45) is 85.5. The van der Waals surface area contributed by atoms with Crippen LogP contribution in [0.3, 0.4) is 0 Å². The minimum Gasteiger partial charge on any atom is -0.462 e. The highest BCUT2D eigenvalue weighted by molar-refractivity contribution is 5.71. The van der Waals surface area contributed by atoms with Gasteiger partial charge in [0.15, 0.2) is 6.10 Å². The van der Waals surface area contributed by atoms with Crippen molar-refractivity contribution in [2.75, 3.05) is 13.2 Å². The molecule has 0 bridgehead atoms. The molecule has 78 heavy (non-hydrogen) atoms. The summed E-state index contributed by atoms with van der Waals surface area (Å²) >= 11 is 0. The molecule has 0 amide bonds. The van der Waals surface area contributed by atoms with Crippen LogP contribution in [0, 0.1) is 0 Å². The molecule has 0 saturated carbocycles. The molecule has 0 aromatic rings. The van der Waals surface area contributed by atoms with Crippen LogP contribution < -0.4 is 0 Å². The van der Waals surface area contributed by atoms with E-state index in [1.165, 1.54) is 218 Å². The second-order valence-corrected chi connectivity index (χ2v) is 23.1. The Morgan fingerprint density at radius 2 is 0.513 bits per heavy atom. The quantitative estimate of drug-likeness (QED) is 0.0261. The van der Waals surface area contributed by atoms with E-state index in [9.17, 15) is 14.4 Å². The predicted molar refractivity (Wildman–Crippen MR) is 339 cm³/mol. The Bertz CT molecular complexity index is 1390. The number of allylic oxidation sites excluding steroid dienone is 10. The van der Waals surface area contributed by atoms with Crippen molar-refractivity contribution >= 4 is 17.9 Å². The maximum atomic E-state index is 12.9. The molecule has 0 aromatic heterocycles. The van der Waals surface area contributed by atoms with E-state index in [0.29, 0.717) is 19.3 Å². The Hall–Kier alpha value is -2.89. The Morgan fingerprint density at radius 1 is 0.269 bits per heavy atom. The fourth-order valence-electron chi connectivity index (χ4n) is 10.1. The number of esters is 3. The lowest BCUT2D eigenvalue weighted by Crippen LogP contribution is -2.30. The van der Waals surface area contributed by atoms with Gasteiger partial charge in [-0.25, -0.2) is 0 Å². The van der Waals surface area contributed by atoms with Gasteiger partial charge < -0.3 is 14.2 Å². The van der Waals surface area contributed by atoms with Gasteiger partial charge in [-0.15, -0.1) is 0 Å². The van der Waals surface area contributed by atoms with Crippen LogP contribution in [0.4, 0.5) is 0 Å². The van der Waals surface area contributed by atoms with E-state index in [0.717, 1.165) is 103 Å². The number of unbranched alkanes of at least 4 members (excludes halogenated alkanes) is 42. The second kappa shape index (κ2) is 66.6. The molecule has 0 aliphatic heterocycles. The number of hydrogen-bond donors (Lipinski definition) is 0. The summed E-state index contributed by atoms with van der Waals surface area (Å²) in [5, 5.41) is 0. The third-order valence-corrected chi connectivity index (χ3v) is 15.3. The molecule has 0 aliphatic carbocycles. The zero-order valence-corrected chi connectivity index (χ0v) is 52.2. The number of carbonyl (C=O) groups excluding carboxylic acids is 3. The maximum absolute atomic E-state index is 12.9. The summed E-state index contributed by atoms with van der Waals surface area (Å²) < 4.78 is 16.9. The molecule has 6 nitrogen and oxygen atoms in total. The van der Waals surface area contributed by atoms with Gasteiger partial charge in [0, 0.05) is 19.3 Å². The minimum absolute atomic E-state index is 0.0798. The third kappa shape index (κ3) is 63.9. The third-order valence-electron chi connectivity index (χ3n) is 15.3. The van der Waals surface area contributed by atoms with Gasteiger partial charge in [0.1, 0.15) is 13.2 Å². The van der Waals surface area contributed by atoms with Crippen molar-refractivity contribution in [2.45, 2.75) is 367 Å². The monoisotopic (exact) mass is 1090 g/mol. The number of rotatable bonds is 63. The van der Waals surface area contributed by atoms with E-state index < -0.39 is 6.10 Å². The first-order valence-corrected chi connectivity index (χ1v) is 34.3. The molecule has 0 saturated heterocycles. The van der Waals surface area contributed by atoms with Gasteiger partial charge in [0.25, 0.3) is 0 Å². The van der Waals surface area contributed by atoms with Crippen LogP contribution in [0.25, 0.3) is 0 Å². The lowest BCUT2D eigenvalue weighted by atomic mass is 10.0. The fraction of sp³-hybridized carbons (Fsp3) is 0.819. The van der Waals surface area contributed by atoms with Crippen LogP contribution in [0.2, 0.25) is 0 Å². The van der Waals surface area contributed by atoms with E-state index in [2.05, 4.69) is 81.5 Å². The summed E-state index contributed by atoms with van der Waals surface area (Å²) in [6, 6.07) is 0. The van der Waals surface area contributed by atoms with Crippen LogP contribution >= 0.6 is 0 Å². The summed E-state index contributed by atoms with van der Waals surface area (Å²) in [6.45, 7) is 6.52. The maximum Gasteiger partial charge on any atom is 0.306 e. The van der Waals surface area contributed by atoms with Crippen LogP contribution in [0.5, 0.6) is 0 Å². The van der Waals surface area contributed by atoms with Crippen LogP contribution in [-0.4, -0.2) is 37.2 Å². The van der Waals surface area contributed by atoms with E-state index >= 15 is 0 Å². The summed E-state index contributed by atoms with van der Waals surface area (Å²) in [4.78, 5) is 38.3. The molecule has 1 atom stereocenters. The van der Waals surface area contributed by atoms with E-state index in [-0.39, 0.29) is 31.1 Å². The SMILES string of the molecule is CC/C=C\C/C=C\C/C=C\C/C=C\CCCCCCCCC(=O)OC(COC(=O)CCCCCCC/C=C\CCCC)COC(=O)CCCCCCCCCCCCCCCCCCCCCCCCCCCCCCCC. The molecule has 0 radical (unpaired) electrons. The van der Waals surface area contributed by atoms with Crippen molar-refractivity contribution in [1.82, 2.24) is 0 Å². The van der Waals surface area contributed by atoms with Gasteiger partial charge in [-0.2, -0.15) is 0 Å². The first-order chi connectivity index (χ1) is 38.5. The minimum atomic E-state index is -0.785. The van der Waals surface area contributed by atoms with Crippen molar-refractivity contribution in [2.24, 2.45) is 0 Å². The van der Waals surface area contributed by atoms with Gasteiger partial charge in [-0.3, -0.25) is 14.4 Å². The normalized spacial score (nSPS) is 12.4. The standard InChI is InChI=1S/C72H130O6/c1-4-7-10-13-16-19-22-24-26-28-30-31-32-33-34-35-36-37-38-39-40-42-43-45-47-50-53-56-59-62-65-71(74)77-68-69(67-76-70(73)64-61-58-55-52-49-21-18-15-12-9-6-3)78-72(75)66-63-60-57-54-51-48-46-44-41-29-27-25-23-20-17-14-11-8-5-2/h8,11,15,17-18,20,25,27,41,44,69H,4-7,9-10,12-14,16,19,21-24,26,28-40,42-43,45-68H2,1-3H3/b11-8-,18-15-,20-17-,27-25-,44-41-. The molecule has 0 spiro atoms. The predicted octanol–water partition coefficient (Wildman–Crippen LogP) is 23.5. The average molecular weight is 1090 g/mol. The second-order valence-electron chi connectivity index (χ2n) is 23.1. The molecule has 0 fully saturated rings. The summed E-state index contributed by atoms with van der Waals surface area (Å²) in [5.74, 6) is -0.886. The van der Waals surface area contributed by atoms with Crippen molar-refractivity contribution < 1.29 is 28.6 Å². The van der Waals surface area contributed by atoms with E-state index in [4.69, 9.17) is 14.2 Å². The molecule has 1 unspecified atom stereocenters. The number of hydrogen-bond acceptors (Lipinski definition) is 6. The van der Waals surface area contributed by atoms with Gasteiger partial charge in [0.05, 0.1) is 0 Å². The highest BCUT2D eigenvalue weighted by Gasteiger charge is 2.19. The Labute approximate surface area is 485 Å². The average Bonchev–Trinajstić information content (AvgIpc) is 3.44. The summed E-state index contributed by atoms with van der Waals surface area (Å²) in [7, 11) is 0. The fourth-order valence-corrected chi connectivity index (χ4v) is 10.1. The first kappa shape index (κ1) is 75.1. The van der Waals surface area contributed by atoms with Gasteiger partial charge in [-0.1, -0.05) is 326 Å². The van der Waals surface area contributed by atoms with Crippen molar-refractivity contribution in [1.29, 1.82) is 0 Å². The molecule has 0 rings (SSSR count). The highest BCUT2D eigenvalue weighted by atomic mass is 16.6. The van der Waals surface area contributed by atoms with Crippen LogP contribution in [0.1, 0.15) is 361 Å². The van der Waals surface area contributed by atoms with E-state index in [1.54, 1.807) is 0 Å². The Morgan fingerprint density at radius 3 is 0.833 bits per heavy atom. The van der Waals surface area contributed by atoms with Crippen molar-refractivity contribution in [3.05, 3.63) is 60.8 Å². The topological polar surface area (TPSA) is 78.9 Å². The van der Waals surface area contributed by atoms with Crippen molar-refractivity contribution in [3.63, 3.8) is 0 Å². The molecule has 454 valence electrons. The lowest BCUT2D eigenvalue weighted by Gasteiger charge is -2.18. The highest BCUT2D eigenvalue weighted by Crippen LogP contribution is 2.18. The first-order valence-electron chi connectivity index (χ1n) is 34.3. The zero-order valence-electron chi connectivity index (χ0n) is 52.2. The van der Waals surface area contributed by atoms with Crippen molar-refractivity contribution in [3.8, 4) is 0 Å². The summed E-state index contributed by atoms with van der Waals surface area (Å²) in [5.41, 5.74) is 0. The van der Waals surface area contributed by atoms with Gasteiger partial charge in [0.2, 0.25) is 0 Å². The Balaban J connectivity index is 4.15. The lowest BCUT2D eigenvalue weighted by molar-refractivity contribution is -0.167. The molecule has 6 heteroatoms. The molecular formula is C72H130O6. The molecule has 0 aromatic carbocycles. The van der Waals surface area contributed by atoms with Gasteiger partial charge in [-0.05, 0) is 77.0 Å².